The number of hydrogen-bond acceptors (Lipinski definition) is 2. The largest absolute Gasteiger partial charge is 0.463 e. The summed E-state index contributed by atoms with van der Waals surface area (Å²) in [6.45, 7) is 5.38. The Labute approximate surface area is 84.3 Å². The Morgan fingerprint density at radius 3 is 1.71 bits per heavy atom. The van der Waals surface area contributed by atoms with Gasteiger partial charge in [-0.2, -0.15) is 0 Å². The molecule has 1 rings (SSSR count). The summed E-state index contributed by atoms with van der Waals surface area (Å²) >= 11 is 0. The van der Waals surface area contributed by atoms with Crippen molar-refractivity contribution in [2.24, 2.45) is 0 Å². The lowest BCUT2D eigenvalue weighted by Gasteiger charge is -1.90. The summed E-state index contributed by atoms with van der Waals surface area (Å²) in [7, 11) is 0. The molecule has 14 heavy (non-hydrogen) atoms. The molecular weight excluding hydrogens is 180 g/mol. The molecule has 78 valence electrons. The Morgan fingerprint density at radius 1 is 1.21 bits per heavy atom. The molecule has 1 aromatic rings. The summed E-state index contributed by atoms with van der Waals surface area (Å²) in [5, 5.41) is 0. The highest BCUT2D eigenvalue weighted by molar-refractivity contribution is 5.81. The van der Waals surface area contributed by atoms with Gasteiger partial charge in [-0.1, -0.05) is 43.0 Å². The van der Waals surface area contributed by atoms with Crippen molar-refractivity contribution in [3.8, 4) is 0 Å². The number of carbonyl (C=O) groups is 1. The van der Waals surface area contributed by atoms with Crippen LogP contribution in [-0.2, 0) is 9.53 Å². The second-order valence-corrected chi connectivity index (χ2v) is 2.11. The summed E-state index contributed by atoms with van der Waals surface area (Å²) in [4.78, 5) is 10.1. The highest BCUT2D eigenvalue weighted by Gasteiger charge is 1.86. The Balaban J connectivity index is 0. The number of benzene rings is 1. The van der Waals surface area contributed by atoms with E-state index >= 15 is 0 Å². The van der Waals surface area contributed by atoms with Gasteiger partial charge in [-0.15, -0.1) is 0 Å². The molecule has 0 aliphatic heterocycles. The third-order valence-corrected chi connectivity index (χ3v) is 1.12. The predicted octanol–water partition coefficient (Wildman–Crippen LogP) is 1.60. The topological polar surface area (TPSA) is 57.8 Å². The minimum Gasteiger partial charge on any atom is -0.463 e. The van der Waals surface area contributed by atoms with Crippen LogP contribution in [0.15, 0.2) is 49.1 Å². The van der Waals surface area contributed by atoms with Crippen LogP contribution >= 0.6 is 0 Å². The van der Waals surface area contributed by atoms with Crippen LogP contribution < -0.4 is 0 Å². The molecule has 0 unspecified atom stereocenters. The molecule has 0 saturated heterocycles. The molecule has 3 heteroatoms. The van der Waals surface area contributed by atoms with E-state index in [-0.39, 0.29) is 11.4 Å². The van der Waals surface area contributed by atoms with Crippen molar-refractivity contribution in [3.05, 3.63) is 49.1 Å². The molecule has 0 heterocycles. The van der Waals surface area contributed by atoms with Gasteiger partial charge in [0.1, 0.15) is 0 Å². The molecular formula is C11H16O3. The van der Waals surface area contributed by atoms with E-state index < -0.39 is 0 Å². The monoisotopic (exact) mass is 196 g/mol. The normalized spacial score (nSPS) is 7.21. The molecule has 0 aromatic heterocycles. The van der Waals surface area contributed by atoms with E-state index in [1.165, 1.54) is 0 Å². The summed E-state index contributed by atoms with van der Waals surface area (Å²) in [5.41, 5.74) is 0. The molecule has 0 radical (unpaired) electrons. The van der Waals surface area contributed by atoms with Gasteiger partial charge in [0.15, 0.2) is 0 Å². The first-order valence-corrected chi connectivity index (χ1v) is 4.10. The molecule has 0 amide bonds. The third kappa shape index (κ3) is 10.4. The lowest BCUT2D eigenvalue weighted by Crippen LogP contribution is -1.97. The van der Waals surface area contributed by atoms with Crippen molar-refractivity contribution >= 4 is 5.97 Å². The Kier molecular flexibility index (Phi) is 12.1. The second kappa shape index (κ2) is 11.4. The van der Waals surface area contributed by atoms with Crippen LogP contribution in [0.5, 0.6) is 0 Å². The van der Waals surface area contributed by atoms with Gasteiger partial charge in [0.05, 0.1) is 6.61 Å². The van der Waals surface area contributed by atoms with E-state index in [9.17, 15) is 4.79 Å². The van der Waals surface area contributed by atoms with Gasteiger partial charge in [-0.25, -0.2) is 4.79 Å². The fourth-order valence-corrected chi connectivity index (χ4v) is 0.586. The van der Waals surface area contributed by atoms with Gasteiger partial charge >= 0.3 is 5.97 Å². The number of esters is 1. The molecule has 0 atom stereocenters. The van der Waals surface area contributed by atoms with E-state index in [1.54, 1.807) is 6.92 Å². The minimum atomic E-state index is -0.359. The van der Waals surface area contributed by atoms with E-state index in [0.717, 1.165) is 6.08 Å². The lowest BCUT2D eigenvalue weighted by atomic mass is 10.4. The molecule has 0 fully saturated rings. The van der Waals surface area contributed by atoms with Gasteiger partial charge in [0.2, 0.25) is 0 Å². The zero-order valence-corrected chi connectivity index (χ0v) is 8.27. The Morgan fingerprint density at radius 2 is 1.57 bits per heavy atom. The number of rotatable bonds is 2. The van der Waals surface area contributed by atoms with Gasteiger partial charge in [-0.05, 0) is 6.92 Å². The van der Waals surface area contributed by atoms with E-state index in [2.05, 4.69) is 11.3 Å². The Hall–Kier alpha value is -1.61. The standard InChI is InChI=1S/C6H6.C5H8O2.H2O/c1-2-4-6-5-3-1;1-3-5(6)7-4-2;/h1-6H;3H,1,4H2,2H3;1H2. The number of hydrogen-bond donors (Lipinski definition) is 0. The molecule has 1 aromatic carbocycles. The maximum Gasteiger partial charge on any atom is 0.330 e. The van der Waals surface area contributed by atoms with Gasteiger partial charge in [0.25, 0.3) is 0 Å². The second-order valence-electron chi connectivity index (χ2n) is 2.11. The molecule has 0 aliphatic carbocycles. The zero-order chi connectivity index (χ0) is 9.94. The highest BCUT2D eigenvalue weighted by Crippen LogP contribution is 1.79. The molecule has 3 nitrogen and oxygen atoms in total. The maximum atomic E-state index is 10.1. The maximum absolute atomic E-state index is 10.1. The van der Waals surface area contributed by atoms with Crippen molar-refractivity contribution in [3.63, 3.8) is 0 Å². The lowest BCUT2D eigenvalue weighted by molar-refractivity contribution is -0.137. The predicted molar refractivity (Wildman–Crippen MR) is 56.9 cm³/mol. The first-order valence-electron chi connectivity index (χ1n) is 4.10. The van der Waals surface area contributed by atoms with Crippen LogP contribution in [-0.4, -0.2) is 18.1 Å². The summed E-state index contributed by atoms with van der Waals surface area (Å²) in [5.74, 6) is -0.359. The fraction of sp³-hybridized carbons (Fsp3) is 0.182. The summed E-state index contributed by atoms with van der Waals surface area (Å²) in [6.07, 6.45) is 1.14. The van der Waals surface area contributed by atoms with Crippen molar-refractivity contribution in [1.82, 2.24) is 0 Å². The Bertz CT molecular complexity index is 205. The van der Waals surface area contributed by atoms with Crippen molar-refractivity contribution in [2.45, 2.75) is 6.92 Å². The average Bonchev–Trinajstić information content (AvgIpc) is 2.22. The summed E-state index contributed by atoms with van der Waals surface area (Å²) < 4.78 is 4.43. The van der Waals surface area contributed by atoms with Crippen LogP contribution in [0.4, 0.5) is 0 Å². The third-order valence-electron chi connectivity index (χ3n) is 1.12. The van der Waals surface area contributed by atoms with E-state index in [0.29, 0.717) is 6.61 Å². The molecule has 0 spiro atoms. The first kappa shape index (κ1) is 14.9. The van der Waals surface area contributed by atoms with Crippen LogP contribution in [0.3, 0.4) is 0 Å². The van der Waals surface area contributed by atoms with E-state index in [4.69, 9.17) is 0 Å². The van der Waals surface area contributed by atoms with Crippen LogP contribution in [0, 0.1) is 0 Å². The minimum absolute atomic E-state index is 0. The van der Waals surface area contributed by atoms with Crippen LogP contribution in [0.1, 0.15) is 6.92 Å². The van der Waals surface area contributed by atoms with Gasteiger partial charge in [-0.3, -0.25) is 0 Å². The van der Waals surface area contributed by atoms with Crippen molar-refractivity contribution in [1.29, 1.82) is 0 Å². The SMILES string of the molecule is C=CC(=O)OCC.O.c1ccccc1. The number of ether oxygens (including phenoxy) is 1. The van der Waals surface area contributed by atoms with Crippen molar-refractivity contribution < 1.29 is 15.0 Å². The quantitative estimate of drug-likeness (QED) is 0.532. The van der Waals surface area contributed by atoms with Gasteiger partial charge in [0, 0.05) is 6.08 Å². The van der Waals surface area contributed by atoms with Gasteiger partial charge < -0.3 is 10.2 Å². The molecule has 0 bridgehead atoms. The average molecular weight is 196 g/mol. The van der Waals surface area contributed by atoms with E-state index in [1.807, 2.05) is 36.4 Å². The number of carbonyl (C=O) groups excluding carboxylic acids is 1. The molecule has 0 aliphatic rings. The smallest absolute Gasteiger partial charge is 0.330 e. The zero-order valence-electron chi connectivity index (χ0n) is 8.27. The molecule has 0 saturated carbocycles. The summed E-state index contributed by atoms with van der Waals surface area (Å²) in [6, 6.07) is 12.0. The highest BCUT2D eigenvalue weighted by atomic mass is 16.5. The van der Waals surface area contributed by atoms with Crippen LogP contribution in [0.2, 0.25) is 0 Å². The fourth-order valence-electron chi connectivity index (χ4n) is 0.586. The molecule has 2 N–H and O–H groups in total. The van der Waals surface area contributed by atoms with Crippen LogP contribution in [0.25, 0.3) is 0 Å². The van der Waals surface area contributed by atoms with Crippen molar-refractivity contribution in [2.75, 3.05) is 6.61 Å². The first-order chi connectivity index (χ1) is 6.31.